The van der Waals surface area contributed by atoms with Crippen LogP contribution in [0.5, 0.6) is 0 Å². The van der Waals surface area contributed by atoms with Crippen molar-refractivity contribution in [3.05, 3.63) is 81.9 Å². The van der Waals surface area contributed by atoms with E-state index in [1.807, 2.05) is 19.9 Å². The highest BCUT2D eigenvalue weighted by Gasteiger charge is 2.34. The largest absolute Gasteiger partial charge is 0.352 e. The molecular formula is C36H48Cl2N4O8S2. The van der Waals surface area contributed by atoms with Gasteiger partial charge in [-0.1, -0.05) is 61.3 Å². The summed E-state index contributed by atoms with van der Waals surface area (Å²) in [5.74, 6) is -0.993. The summed E-state index contributed by atoms with van der Waals surface area (Å²) in [6.45, 7) is 5.77. The molecule has 0 bridgehead atoms. The average Bonchev–Trinajstić information content (AvgIpc) is 3.66. The molecule has 0 radical (unpaired) electrons. The first-order chi connectivity index (χ1) is 24.4. The van der Waals surface area contributed by atoms with Gasteiger partial charge in [0.05, 0.1) is 23.0 Å². The van der Waals surface area contributed by atoms with Gasteiger partial charge < -0.3 is 20.4 Å². The van der Waals surface area contributed by atoms with E-state index < -0.39 is 31.6 Å². The number of hydrogen-bond acceptors (Lipinski definition) is 8. The molecule has 4 rings (SSSR count). The highest BCUT2D eigenvalue weighted by atomic mass is 35.5. The first-order valence-corrected chi connectivity index (χ1v) is 21.2. The van der Waals surface area contributed by atoms with E-state index in [1.165, 1.54) is 22.0 Å². The van der Waals surface area contributed by atoms with E-state index in [0.717, 1.165) is 11.1 Å². The van der Waals surface area contributed by atoms with Gasteiger partial charge in [0.1, 0.15) is 6.04 Å². The van der Waals surface area contributed by atoms with Gasteiger partial charge in [-0.3, -0.25) is 19.2 Å². The van der Waals surface area contributed by atoms with E-state index in [2.05, 4.69) is 10.6 Å². The van der Waals surface area contributed by atoms with Crippen LogP contribution in [0.2, 0.25) is 10.0 Å². The number of amides is 4. The van der Waals surface area contributed by atoms with E-state index in [1.54, 1.807) is 75.6 Å². The number of carbonyl (C=O) groups is 4. The highest BCUT2D eigenvalue weighted by molar-refractivity contribution is 7.91. The summed E-state index contributed by atoms with van der Waals surface area (Å²) in [6, 6.07) is 12.8. The quantitative estimate of drug-likeness (QED) is 0.322. The maximum atomic E-state index is 12.4. The molecule has 4 amide bonds. The lowest BCUT2D eigenvalue weighted by molar-refractivity contribution is -0.135. The number of likely N-dealkylation sites (N-methyl/N-ethyl adjacent to an activating group) is 1. The van der Waals surface area contributed by atoms with Crippen molar-refractivity contribution in [2.24, 2.45) is 0 Å². The third-order valence-corrected chi connectivity index (χ3v) is 12.1. The van der Waals surface area contributed by atoms with Crippen LogP contribution in [0.1, 0.15) is 51.2 Å². The van der Waals surface area contributed by atoms with Crippen LogP contribution in [-0.2, 0) is 38.9 Å². The van der Waals surface area contributed by atoms with Crippen molar-refractivity contribution >= 4 is 78.7 Å². The van der Waals surface area contributed by atoms with Crippen molar-refractivity contribution in [3.8, 4) is 0 Å². The van der Waals surface area contributed by atoms with Crippen molar-refractivity contribution in [1.29, 1.82) is 0 Å². The molecule has 3 atom stereocenters. The van der Waals surface area contributed by atoms with Crippen LogP contribution < -0.4 is 10.6 Å². The Balaban J connectivity index is 0.000000344. The summed E-state index contributed by atoms with van der Waals surface area (Å²) in [5, 5.41) is 6.38. The Kier molecular flexibility index (Phi) is 18.0. The fourth-order valence-corrected chi connectivity index (χ4v) is 9.21. The average molecular weight is 800 g/mol. The molecule has 2 aromatic rings. The molecule has 2 aromatic carbocycles. The number of sulfone groups is 2. The fraction of sp³-hybridized carbons (Fsp3) is 0.444. The van der Waals surface area contributed by atoms with Gasteiger partial charge in [-0.2, -0.15) is 0 Å². The minimum absolute atomic E-state index is 0.0178. The summed E-state index contributed by atoms with van der Waals surface area (Å²) >= 11 is 11.7. The maximum absolute atomic E-state index is 12.4. The van der Waals surface area contributed by atoms with Gasteiger partial charge in [0.15, 0.2) is 19.7 Å². The van der Waals surface area contributed by atoms with Gasteiger partial charge >= 0.3 is 0 Å². The topological polar surface area (TPSA) is 167 Å². The number of nitrogens with zero attached hydrogens (tertiary/aromatic N) is 2. The molecule has 52 heavy (non-hydrogen) atoms. The van der Waals surface area contributed by atoms with Crippen molar-refractivity contribution in [2.75, 3.05) is 43.7 Å². The maximum Gasteiger partial charge on any atom is 0.244 e. The fourth-order valence-electron chi connectivity index (χ4n) is 5.27. The third-order valence-electron chi connectivity index (χ3n) is 8.17. The normalized spacial score (nSPS) is 19.1. The van der Waals surface area contributed by atoms with E-state index >= 15 is 0 Å². The molecule has 2 N–H and O–H groups in total. The lowest BCUT2D eigenvalue weighted by atomic mass is 10.2. The van der Waals surface area contributed by atoms with Crippen LogP contribution in [0.15, 0.2) is 60.7 Å². The molecule has 2 fully saturated rings. The second kappa shape index (κ2) is 21.1. The van der Waals surface area contributed by atoms with Crippen LogP contribution in [0.3, 0.4) is 0 Å². The Morgan fingerprint density at radius 3 is 1.69 bits per heavy atom. The Morgan fingerprint density at radius 1 is 0.788 bits per heavy atom. The summed E-state index contributed by atoms with van der Waals surface area (Å²) in [6.07, 6.45) is 6.98. The molecular weight excluding hydrogens is 751 g/mol. The number of nitrogens with one attached hydrogen (secondary N) is 2. The molecule has 2 heterocycles. The van der Waals surface area contributed by atoms with Crippen LogP contribution in [0, 0.1) is 0 Å². The monoisotopic (exact) mass is 798 g/mol. The highest BCUT2D eigenvalue weighted by Crippen LogP contribution is 2.18. The molecule has 0 spiro atoms. The minimum Gasteiger partial charge on any atom is -0.352 e. The van der Waals surface area contributed by atoms with Gasteiger partial charge in [-0.05, 0) is 67.3 Å². The lowest BCUT2D eigenvalue weighted by Gasteiger charge is -2.26. The molecule has 2 aliphatic rings. The number of rotatable bonds is 11. The summed E-state index contributed by atoms with van der Waals surface area (Å²) in [7, 11) is -2.92. The molecule has 0 aliphatic carbocycles. The zero-order valence-corrected chi connectivity index (χ0v) is 33.2. The minimum atomic E-state index is -3.07. The Morgan fingerprint density at radius 2 is 1.25 bits per heavy atom. The Labute approximate surface area is 317 Å². The van der Waals surface area contributed by atoms with E-state index in [4.69, 9.17) is 23.2 Å². The Hall–Kier alpha value is -3.72. The second-order valence-corrected chi connectivity index (χ2v) is 17.4. The van der Waals surface area contributed by atoms with Gasteiger partial charge in [0.25, 0.3) is 0 Å². The van der Waals surface area contributed by atoms with Crippen molar-refractivity contribution < 1.29 is 36.0 Å². The molecule has 0 aromatic heterocycles. The zero-order chi connectivity index (χ0) is 39.1. The first-order valence-electron chi connectivity index (χ1n) is 16.8. The van der Waals surface area contributed by atoms with Crippen LogP contribution >= 0.6 is 23.2 Å². The van der Waals surface area contributed by atoms with Crippen molar-refractivity contribution in [1.82, 2.24) is 20.4 Å². The van der Waals surface area contributed by atoms with Gasteiger partial charge in [0, 0.05) is 61.3 Å². The molecule has 0 saturated carbocycles. The number of benzene rings is 2. The molecule has 2 saturated heterocycles. The van der Waals surface area contributed by atoms with Gasteiger partial charge in [-0.25, -0.2) is 16.8 Å². The molecule has 3 unspecified atom stereocenters. The van der Waals surface area contributed by atoms with Crippen LogP contribution in [0.4, 0.5) is 0 Å². The second-order valence-electron chi connectivity index (χ2n) is 12.1. The smallest absolute Gasteiger partial charge is 0.244 e. The third kappa shape index (κ3) is 15.5. The number of carbonyl (C=O) groups excluding carboxylic acids is 4. The Bertz CT molecular complexity index is 1830. The standard InChI is InChI=1S/2C17H21ClN2O4S.C2H6/c1-12(17(22)20(2)15-8-9-25(23,24)11-15)19-16(21)7-6-13-4-3-5-14(18)10-13;1-20(15-8-10-25(23,24)12-15)17(22)7-9-19-16(21)6-5-13-3-2-4-14(18)11-13;1-2/h3-7,10,12,15H,8-9,11H2,1-2H3,(H,19,21);2-6,11,15H,7-10,12H2,1H3,(H,19,21);1-2H3/b7-6+;6-5+;. The van der Waals surface area contributed by atoms with Crippen molar-refractivity contribution in [2.45, 2.75) is 58.2 Å². The summed E-state index contributed by atoms with van der Waals surface area (Å²) in [5.41, 5.74) is 1.58. The van der Waals surface area contributed by atoms with E-state index in [0.29, 0.717) is 22.9 Å². The molecule has 16 heteroatoms. The molecule has 12 nitrogen and oxygen atoms in total. The van der Waals surface area contributed by atoms with Crippen LogP contribution in [0.25, 0.3) is 12.2 Å². The SMILES string of the molecule is CC.CC(NC(=O)/C=C/c1cccc(Cl)c1)C(=O)N(C)C1CCS(=O)(=O)C1.CN(C(=O)CCNC(=O)/C=C/c1cccc(Cl)c1)C1CCS(=O)(=O)C1. The summed E-state index contributed by atoms with van der Waals surface area (Å²) < 4.78 is 46.0. The van der Waals surface area contributed by atoms with E-state index in [9.17, 15) is 36.0 Å². The van der Waals surface area contributed by atoms with Crippen LogP contribution in [-0.4, -0.2) is 112 Å². The number of halogens is 2. The molecule has 2 aliphatic heterocycles. The zero-order valence-electron chi connectivity index (χ0n) is 30.0. The lowest BCUT2D eigenvalue weighted by Crippen LogP contribution is -2.49. The first kappa shape index (κ1) is 44.4. The van der Waals surface area contributed by atoms with Crippen molar-refractivity contribution in [3.63, 3.8) is 0 Å². The van der Waals surface area contributed by atoms with Gasteiger partial charge in [0.2, 0.25) is 23.6 Å². The predicted molar refractivity (Wildman–Crippen MR) is 207 cm³/mol. The molecule has 286 valence electrons. The van der Waals surface area contributed by atoms with Gasteiger partial charge in [-0.15, -0.1) is 0 Å². The number of hydrogen-bond donors (Lipinski definition) is 2. The predicted octanol–water partition coefficient (Wildman–Crippen LogP) is 4.03. The van der Waals surface area contributed by atoms with E-state index in [-0.39, 0.29) is 65.8 Å². The summed E-state index contributed by atoms with van der Waals surface area (Å²) in [4.78, 5) is 51.1.